The largest absolute Gasteiger partial charge is 0.493 e. The lowest BCUT2D eigenvalue weighted by Crippen LogP contribution is -2.19. The van der Waals surface area contributed by atoms with Crippen LogP contribution in [-0.4, -0.2) is 16.6 Å². The van der Waals surface area contributed by atoms with Crippen LogP contribution in [0.5, 0.6) is 5.75 Å². The average molecular weight is 301 g/mol. The van der Waals surface area contributed by atoms with Gasteiger partial charge in [-0.25, -0.2) is 0 Å². The second kappa shape index (κ2) is 5.90. The highest BCUT2D eigenvalue weighted by molar-refractivity contribution is 7.85. The fourth-order valence-electron chi connectivity index (χ4n) is 2.72. The van der Waals surface area contributed by atoms with Crippen molar-refractivity contribution >= 4 is 16.5 Å². The Morgan fingerprint density at radius 2 is 2.10 bits per heavy atom. The summed E-state index contributed by atoms with van der Waals surface area (Å²) in [4.78, 5) is 0.846. The molecule has 2 atom stereocenters. The van der Waals surface area contributed by atoms with Gasteiger partial charge >= 0.3 is 0 Å². The fourth-order valence-corrected chi connectivity index (χ4v) is 4.31. The number of nitrogens with two attached hydrogens (primary N) is 1. The highest BCUT2D eigenvalue weighted by atomic mass is 32.2. The van der Waals surface area contributed by atoms with Crippen molar-refractivity contribution in [1.29, 1.82) is 0 Å². The van der Waals surface area contributed by atoms with Gasteiger partial charge in [0.05, 0.1) is 17.4 Å². The number of fused-ring (bicyclic) bond motifs is 1. The summed E-state index contributed by atoms with van der Waals surface area (Å²) in [5.74, 6) is 1.82. The summed E-state index contributed by atoms with van der Waals surface area (Å²) in [6, 6.07) is 13.6. The number of anilines is 1. The van der Waals surface area contributed by atoms with E-state index in [9.17, 15) is 4.21 Å². The van der Waals surface area contributed by atoms with Gasteiger partial charge in [0.15, 0.2) is 0 Å². The van der Waals surface area contributed by atoms with Gasteiger partial charge in [0.1, 0.15) is 5.75 Å². The minimum absolute atomic E-state index is 0.275. The molecule has 3 rings (SSSR count). The standard InChI is InChI=1S/C17H19NO2S/c1-12-6-7-14(18)10-17(12)21(19)11-13-8-9-20-16-5-3-2-4-15(13)16/h2-7,10,13H,8-9,11,18H2,1H3. The first-order valence-corrected chi connectivity index (χ1v) is 8.43. The first-order chi connectivity index (χ1) is 10.1. The molecule has 0 spiro atoms. The van der Waals surface area contributed by atoms with Crippen molar-refractivity contribution in [2.75, 3.05) is 18.1 Å². The second-order valence-corrected chi connectivity index (χ2v) is 6.87. The van der Waals surface area contributed by atoms with E-state index in [4.69, 9.17) is 10.5 Å². The second-order valence-electron chi connectivity index (χ2n) is 5.41. The molecule has 3 nitrogen and oxygen atoms in total. The van der Waals surface area contributed by atoms with E-state index >= 15 is 0 Å². The molecule has 1 aliphatic heterocycles. The van der Waals surface area contributed by atoms with Crippen LogP contribution < -0.4 is 10.5 Å². The molecular weight excluding hydrogens is 282 g/mol. The maximum atomic E-state index is 12.7. The van der Waals surface area contributed by atoms with Gasteiger partial charge in [-0.15, -0.1) is 0 Å². The van der Waals surface area contributed by atoms with E-state index in [1.54, 1.807) is 0 Å². The molecule has 2 aromatic rings. The van der Waals surface area contributed by atoms with Gasteiger partial charge in [-0.3, -0.25) is 4.21 Å². The van der Waals surface area contributed by atoms with Crippen LogP contribution in [0.1, 0.15) is 23.5 Å². The number of nitrogen functional groups attached to an aromatic ring is 1. The van der Waals surface area contributed by atoms with E-state index in [1.807, 2.05) is 43.3 Å². The van der Waals surface area contributed by atoms with Gasteiger partial charge in [-0.05, 0) is 42.7 Å². The van der Waals surface area contributed by atoms with E-state index in [2.05, 4.69) is 6.07 Å². The van der Waals surface area contributed by atoms with Crippen LogP contribution in [0, 0.1) is 6.92 Å². The Morgan fingerprint density at radius 3 is 2.95 bits per heavy atom. The molecule has 0 radical (unpaired) electrons. The number of rotatable bonds is 3. The van der Waals surface area contributed by atoms with Crippen LogP contribution in [0.25, 0.3) is 0 Å². The van der Waals surface area contributed by atoms with Gasteiger partial charge in [0, 0.05) is 22.3 Å². The number of hydrogen-bond donors (Lipinski definition) is 1. The van der Waals surface area contributed by atoms with Gasteiger partial charge in [0.25, 0.3) is 0 Å². The summed E-state index contributed by atoms with van der Waals surface area (Å²) in [7, 11) is -1.05. The number of ether oxygens (including phenoxy) is 1. The summed E-state index contributed by atoms with van der Waals surface area (Å²) in [5, 5.41) is 0. The van der Waals surface area contributed by atoms with E-state index in [0.29, 0.717) is 18.0 Å². The van der Waals surface area contributed by atoms with E-state index in [-0.39, 0.29) is 5.92 Å². The summed E-state index contributed by atoms with van der Waals surface area (Å²) in [6.07, 6.45) is 0.907. The molecule has 0 saturated heterocycles. The van der Waals surface area contributed by atoms with Crippen molar-refractivity contribution in [3.05, 3.63) is 53.6 Å². The quantitative estimate of drug-likeness (QED) is 0.885. The van der Waals surface area contributed by atoms with Crippen LogP contribution in [0.3, 0.4) is 0 Å². The SMILES string of the molecule is Cc1ccc(N)cc1S(=O)CC1CCOc2ccccc21. The lowest BCUT2D eigenvalue weighted by atomic mass is 9.95. The topological polar surface area (TPSA) is 52.3 Å². The third kappa shape index (κ3) is 2.95. The Morgan fingerprint density at radius 1 is 1.29 bits per heavy atom. The molecule has 0 aliphatic carbocycles. The van der Waals surface area contributed by atoms with Crippen LogP contribution in [0.4, 0.5) is 5.69 Å². The Kier molecular flexibility index (Phi) is 3.97. The molecule has 0 fully saturated rings. The van der Waals surface area contributed by atoms with Crippen LogP contribution >= 0.6 is 0 Å². The average Bonchev–Trinajstić information content (AvgIpc) is 2.50. The van der Waals surface area contributed by atoms with E-state index < -0.39 is 10.8 Å². The molecule has 0 amide bonds. The maximum absolute atomic E-state index is 12.7. The predicted molar refractivity (Wildman–Crippen MR) is 86.2 cm³/mol. The van der Waals surface area contributed by atoms with Gasteiger partial charge in [0.2, 0.25) is 0 Å². The molecule has 21 heavy (non-hydrogen) atoms. The van der Waals surface area contributed by atoms with Crippen LogP contribution in [0.2, 0.25) is 0 Å². The van der Waals surface area contributed by atoms with Gasteiger partial charge in [-0.2, -0.15) is 0 Å². The molecule has 110 valence electrons. The highest BCUT2D eigenvalue weighted by Crippen LogP contribution is 2.34. The summed E-state index contributed by atoms with van der Waals surface area (Å²) in [5.41, 5.74) is 8.68. The van der Waals surface area contributed by atoms with Gasteiger partial charge in [-0.1, -0.05) is 24.3 Å². The Labute approximate surface area is 127 Å². The molecule has 0 bridgehead atoms. The number of benzene rings is 2. The van der Waals surface area contributed by atoms with Crippen molar-refractivity contribution in [3.63, 3.8) is 0 Å². The zero-order valence-electron chi connectivity index (χ0n) is 12.0. The van der Waals surface area contributed by atoms with Crippen molar-refractivity contribution in [2.45, 2.75) is 24.2 Å². The lowest BCUT2D eigenvalue weighted by Gasteiger charge is -2.25. The van der Waals surface area contributed by atoms with Crippen molar-refractivity contribution in [3.8, 4) is 5.75 Å². The van der Waals surface area contributed by atoms with Crippen molar-refractivity contribution < 1.29 is 8.95 Å². The maximum Gasteiger partial charge on any atom is 0.122 e. The molecule has 0 saturated carbocycles. The first-order valence-electron chi connectivity index (χ1n) is 7.11. The molecular formula is C17H19NO2S. The number of hydrogen-bond acceptors (Lipinski definition) is 3. The summed E-state index contributed by atoms with van der Waals surface area (Å²) >= 11 is 0. The monoisotopic (exact) mass is 301 g/mol. The molecule has 1 aliphatic rings. The van der Waals surface area contributed by atoms with Crippen molar-refractivity contribution in [2.24, 2.45) is 0 Å². The Balaban J connectivity index is 1.84. The predicted octanol–water partition coefficient (Wildman–Crippen LogP) is 3.25. The third-order valence-corrected chi connectivity index (χ3v) is 5.53. The molecule has 4 heteroatoms. The highest BCUT2D eigenvalue weighted by Gasteiger charge is 2.24. The summed E-state index contributed by atoms with van der Waals surface area (Å²) in [6.45, 7) is 2.67. The smallest absolute Gasteiger partial charge is 0.122 e. The molecule has 2 aromatic carbocycles. The zero-order valence-corrected chi connectivity index (χ0v) is 12.9. The zero-order chi connectivity index (χ0) is 14.8. The minimum atomic E-state index is -1.05. The minimum Gasteiger partial charge on any atom is -0.493 e. The van der Waals surface area contributed by atoms with E-state index in [0.717, 1.165) is 22.6 Å². The number of para-hydroxylation sites is 1. The third-order valence-electron chi connectivity index (χ3n) is 3.89. The van der Waals surface area contributed by atoms with Gasteiger partial charge < -0.3 is 10.5 Å². The lowest BCUT2D eigenvalue weighted by molar-refractivity contribution is 0.273. The Bertz CT molecular complexity index is 684. The van der Waals surface area contributed by atoms with Crippen LogP contribution in [-0.2, 0) is 10.8 Å². The van der Waals surface area contributed by atoms with Crippen molar-refractivity contribution in [1.82, 2.24) is 0 Å². The molecule has 0 aromatic heterocycles. The molecule has 1 heterocycles. The Hall–Kier alpha value is -1.81. The normalized spacial score (nSPS) is 18.6. The number of aryl methyl sites for hydroxylation is 1. The van der Waals surface area contributed by atoms with Crippen LogP contribution in [0.15, 0.2) is 47.4 Å². The molecule has 2 unspecified atom stereocenters. The van der Waals surface area contributed by atoms with E-state index in [1.165, 1.54) is 5.56 Å². The fraction of sp³-hybridized carbons (Fsp3) is 0.294. The molecule has 2 N–H and O–H groups in total. The first kappa shape index (κ1) is 14.1. The summed E-state index contributed by atoms with van der Waals surface area (Å²) < 4.78 is 18.4.